The van der Waals surface area contributed by atoms with E-state index >= 15 is 0 Å². The van der Waals surface area contributed by atoms with Gasteiger partial charge in [-0.25, -0.2) is 0 Å². The Balaban J connectivity index is 0.00000180. The maximum atomic E-state index is 11.7. The Morgan fingerprint density at radius 1 is 1.42 bits per heavy atom. The molecule has 19 heavy (non-hydrogen) atoms. The molecule has 106 valence electrons. The van der Waals surface area contributed by atoms with Gasteiger partial charge in [0.2, 0.25) is 5.91 Å². The normalized spacial score (nSPS) is 18.2. The molecule has 1 atom stereocenters. The summed E-state index contributed by atoms with van der Waals surface area (Å²) in [6, 6.07) is 10.5. The van der Waals surface area contributed by atoms with Crippen LogP contribution in [0.4, 0.5) is 0 Å². The summed E-state index contributed by atoms with van der Waals surface area (Å²) in [5, 5.41) is 2.92. The van der Waals surface area contributed by atoms with Gasteiger partial charge in [0.15, 0.2) is 0 Å². The topological polar surface area (TPSA) is 32.3 Å². The average molecular weight is 301 g/mol. The van der Waals surface area contributed by atoms with Crippen LogP contribution in [0.5, 0.6) is 0 Å². The van der Waals surface area contributed by atoms with Gasteiger partial charge in [-0.3, -0.25) is 4.79 Å². The molecule has 0 aliphatic carbocycles. The number of halogens is 1. The lowest BCUT2D eigenvalue weighted by Gasteiger charge is -2.16. The number of rotatable bonds is 5. The van der Waals surface area contributed by atoms with Crippen LogP contribution >= 0.6 is 24.2 Å². The molecule has 5 heteroatoms. The van der Waals surface area contributed by atoms with E-state index in [4.69, 9.17) is 0 Å². The van der Waals surface area contributed by atoms with Gasteiger partial charge in [0.05, 0.1) is 6.54 Å². The summed E-state index contributed by atoms with van der Waals surface area (Å²) in [7, 11) is 1.82. The van der Waals surface area contributed by atoms with Crippen LogP contribution in [-0.4, -0.2) is 43.2 Å². The Labute approximate surface area is 125 Å². The molecule has 0 saturated carbocycles. The van der Waals surface area contributed by atoms with Crippen LogP contribution in [0.2, 0.25) is 0 Å². The lowest BCUT2D eigenvalue weighted by molar-refractivity contribution is -0.129. The van der Waals surface area contributed by atoms with Crippen LogP contribution in [0.15, 0.2) is 35.2 Å². The van der Waals surface area contributed by atoms with Gasteiger partial charge >= 0.3 is 0 Å². The van der Waals surface area contributed by atoms with E-state index in [1.165, 1.54) is 4.90 Å². The van der Waals surface area contributed by atoms with Gasteiger partial charge in [-0.05, 0) is 31.5 Å². The molecule has 0 bridgehead atoms. The van der Waals surface area contributed by atoms with Crippen molar-refractivity contribution in [3.05, 3.63) is 30.3 Å². The SMILES string of the molecule is CNCC(=O)N1CCC(CSc2ccccc2)C1.Cl. The molecule has 0 aromatic heterocycles. The molecule has 1 fully saturated rings. The third kappa shape index (κ3) is 5.05. The smallest absolute Gasteiger partial charge is 0.236 e. The van der Waals surface area contributed by atoms with E-state index in [2.05, 4.69) is 29.6 Å². The zero-order valence-electron chi connectivity index (χ0n) is 11.2. The minimum atomic E-state index is 0. The lowest BCUT2D eigenvalue weighted by atomic mass is 10.2. The van der Waals surface area contributed by atoms with Crippen LogP contribution in [0.25, 0.3) is 0 Å². The maximum absolute atomic E-state index is 11.7. The molecule has 3 nitrogen and oxygen atoms in total. The van der Waals surface area contributed by atoms with E-state index in [9.17, 15) is 4.79 Å². The number of likely N-dealkylation sites (N-methyl/N-ethyl adjacent to an activating group) is 1. The number of amides is 1. The summed E-state index contributed by atoms with van der Waals surface area (Å²) in [5.74, 6) is 1.97. The predicted octanol–water partition coefficient (Wildman–Crippen LogP) is 2.27. The number of hydrogen-bond acceptors (Lipinski definition) is 3. The van der Waals surface area contributed by atoms with Crippen molar-refractivity contribution >= 4 is 30.1 Å². The van der Waals surface area contributed by atoms with Crippen LogP contribution < -0.4 is 5.32 Å². The van der Waals surface area contributed by atoms with Gasteiger partial charge in [-0.15, -0.1) is 24.2 Å². The van der Waals surface area contributed by atoms with E-state index in [-0.39, 0.29) is 18.3 Å². The Bertz CT molecular complexity index is 388. The second-order valence-electron chi connectivity index (χ2n) is 4.65. The summed E-state index contributed by atoms with van der Waals surface area (Å²) in [6.07, 6.45) is 1.13. The van der Waals surface area contributed by atoms with Crippen molar-refractivity contribution in [1.29, 1.82) is 0 Å². The molecule has 1 aromatic rings. The van der Waals surface area contributed by atoms with Gasteiger partial charge in [0.1, 0.15) is 0 Å². The number of nitrogens with one attached hydrogen (secondary N) is 1. The molecular formula is C14H21ClN2OS. The van der Waals surface area contributed by atoms with Crippen molar-refractivity contribution in [3.63, 3.8) is 0 Å². The Kier molecular flexibility index (Phi) is 7.28. The number of hydrogen-bond donors (Lipinski definition) is 1. The van der Waals surface area contributed by atoms with Gasteiger partial charge in [0.25, 0.3) is 0 Å². The predicted molar refractivity (Wildman–Crippen MR) is 83.0 cm³/mol. The highest BCUT2D eigenvalue weighted by molar-refractivity contribution is 7.99. The Morgan fingerprint density at radius 3 is 2.84 bits per heavy atom. The van der Waals surface area contributed by atoms with Gasteiger partial charge in [-0.1, -0.05) is 18.2 Å². The molecule has 1 aliphatic heterocycles. The number of likely N-dealkylation sites (tertiary alicyclic amines) is 1. The number of thioether (sulfide) groups is 1. The Hall–Kier alpha value is -0.710. The van der Waals surface area contributed by atoms with Gasteiger partial charge in [-0.2, -0.15) is 0 Å². The monoisotopic (exact) mass is 300 g/mol. The fourth-order valence-electron chi connectivity index (χ4n) is 2.19. The van der Waals surface area contributed by atoms with E-state index in [1.807, 2.05) is 29.8 Å². The third-order valence-electron chi connectivity index (χ3n) is 3.20. The quantitative estimate of drug-likeness (QED) is 0.847. The summed E-state index contributed by atoms with van der Waals surface area (Å²) >= 11 is 1.89. The van der Waals surface area contributed by atoms with Crippen molar-refractivity contribution in [2.75, 3.05) is 32.4 Å². The Morgan fingerprint density at radius 2 is 2.16 bits per heavy atom. The summed E-state index contributed by atoms with van der Waals surface area (Å²) < 4.78 is 0. The van der Waals surface area contributed by atoms with E-state index < -0.39 is 0 Å². The lowest BCUT2D eigenvalue weighted by Crippen LogP contribution is -2.35. The molecule has 1 amide bonds. The summed E-state index contributed by atoms with van der Waals surface area (Å²) in [4.78, 5) is 15.0. The number of carbonyl (C=O) groups excluding carboxylic acids is 1. The average Bonchev–Trinajstić information content (AvgIpc) is 2.87. The minimum absolute atomic E-state index is 0. The number of carbonyl (C=O) groups is 1. The maximum Gasteiger partial charge on any atom is 0.236 e. The van der Waals surface area contributed by atoms with E-state index in [0.717, 1.165) is 25.3 Å². The fraction of sp³-hybridized carbons (Fsp3) is 0.500. The molecule has 1 unspecified atom stereocenters. The van der Waals surface area contributed by atoms with Gasteiger partial charge in [0, 0.05) is 23.7 Å². The van der Waals surface area contributed by atoms with E-state index in [0.29, 0.717) is 12.5 Å². The zero-order chi connectivity index (χ0) is 12.8. The molecule has 2 rings (SSSR count). The van der Waals surface area contributed by atoms with Crippen LogP contribution in [0.1, 0.15) is 6.42 Å². The first kappa shape index (κ1) is 16.3. The summed E-state index contributed by atoms with van der Waals surface area (Å²) in [5.41, 5.74) is 0. The van der Waals surface area contributed by atoms with Crippen LogP contribution in [-0.2, 0) is 4.79 Å². The van der Waals surface area contributed by atoms with Crippen molar-refractivity contribution in [1.82, 2.24) is 10.2 Å². The van der Waals surface area contributed by atoms with E-state index in [1.54, 1.807) is 0 Å². The second kappa shape index (κ2) is 8.46. The molecular weight excluding hydrogens is 280 g/mol. The molecule has 1 aliphatic rings. The number of benzene rings is 1. The highest BCUT2D eigenvalue weighted by Crippen LogP contribution is 2.25. The van der Waals surface area contributed by atoms with Crippen molar-refractivity contribution in [2.45, 2.75) is 11.3 Å². The minimum Gasteiger partial charge on any atom is -0.341 e. The van der Waals surface area contributed by atoms with Crippen LogP contribution in [0.3, 0.4) is 0 Å². The first-order valence-corrected chi connectivity index (χ1v) is 7.38. The molecule has 1 saturated heterocycles. The fourth-order valence-corrected chi connectivity index (χ4v) is 3.24. The number of nitrogens with zero attached hydrogens (tertiary/aromatic N) is 1. The highest BCUT2D eigenvalue weighted by atomic mass is 35.5. The van der Waals surface area contributed by atoms with Gasteiger partial charge < -0.3 is 10.2 Å². The molecule has 0 radical (unpaired) electrons. The van der Waals surface area contributed by atoms with Crippen LogP contribution in [0, 0.1) is 5.92 Å². The van der Waals surface area contributed by atoms with Crippen molar-refractivity contribution in [3.8, 4) is 0 Å². The highest BCUT2D eigenvalue weighted by Gasteiger charge is 2.25. The van der Waals surface area contributed by atoms with Crippen molar-refractivity contribution in [2.24, 2.45) is 5.92 Å². The first-order valence-electron chi connectivity index (χ1n) is 6.40. The van der Waals surface area contributed by atoms with Crippen molar-refractivity contribution < 1.29 is 4.79 Å². The molecule has 0 spiro atoms. The third-order valence-corrected chi connectivity index (χ3v) is 4.44. The zero-order valence-corrected chi connectivity index (χ0v) is 12.8. The molecule has 1 heterocycles. The first-order chi connectivity index (χ1) is 8.79. The second-order valence-corrected chi connectivity index (χ2v) is 5.74. The standard InChI is InChI=1S/C14H20N2OS.ClH/c1-15-9-14(17)16-8-7-12(10-16)11-18-13-5-3-2-4-6-13;/h2-6,12,15H,7-11H2,1H3;1H. The summed E-state index contributed by atoms with van der Waals surface area (Å²) in [6.45, 7) is 2.29. The largest absolute Gasteiger partial charge is 0.341 e. The molecule has 1 N–H and O–H groups in total. The molecule has 1 aromatic carbocycles.